The van der Waals surface area contributed by atoms with Gasteiger partial charge in [-0.25, -0.2) is 0 Å². The molecule has 2 aromatic rings. The molecule has 0 spiro atoms. The van der Waals surface area contributed by atoms with Gasteiger partial charge in [0.05, 0.1) is 12.0 Å². The topological polar surface area (TPSA) is 57.0 Å². The van der Waals surface area contributed by atoms with Gasteiger partial charge in [-0.15, -0.1) is 21.5 Å². The van der Waals surface area contributed by atoms with Gasteiger partial charge >= 0.3 is 5.97 Å². The van der Waals surface area contributed by atoms with Gasteiger partial charge < -0.3 is 9.30 Å². The molecular weight excluding hydrogens is 342 g/mol. The summed E-state index contributed by atoms with van der Waals surface area (Å²) in [5.74, 6) is 1.44. The number of carbonyl (C=O) groups is 1. The zero-order chi connectivity index (χ0) is 17.3. The number of thioether (sulfide) groups is 1. The van der Waals surface area contributed by atoms with Crippen LogP contribution >= 0.6 is 23.1 Å². The number of carbonyl (C=O) groups excluding carboxylic acids is 1. The monoisotopic (exact) mass is 365 g/mol. The Morgan fingerprint density at radius 1 is 1.54 bits per heavy atom. The molecule has 0 saturated carbocycles. The van der Waals surface area contributed by atoms with Crippen LogP contribution in [-0.4, -0.2) is 33.1 Å². The third-order valence-electron chi connectivity index (χ3n) is 4.63. The number of rotatable bonds is 5. The summed E-state index contributed by atoms with van der Waals surface area (Å²) in [5.41, 5.74) is 1.48. The first-order valence-corrected chi connectivity index (χ1v) is 9.98. The van der Waals surface area contributed by atoms with Crippen molar-refractivity contribution in [1.82, 2.24) is 14.8 Å². The van der Waals surface area contributed by atoms with E-state index in [0.29, 0.717) is 0 Å². The van der Waals surface area contributed by atoms with Crippen LogP contribution in [0, 0.1) is 5.92 Å². The molecule has 0 fully saturated rings. The molecule has 2 atom stereocenters. The highest BCUT2D eigenvalue weighted by Gasteiger charge is 2.24. The predicted molar refractivity (Wildman–Crippen MR) is 97.5 cm³/mol. The average molecular weight is 366 g/mol. The van der Waals surface area contributed by atoms with Crippen molar-refractivity contribution in [2.75, 3.05) is 7.11 Å². The molecule has 1 aliphatic rings. The minimum Gasteiger partial charge on any atom is -0.468 e. The normalized spacial score (nSPS) is 18.2. The SMILES string of the molecule is CC[C@@H]1CCc2sc(-c3nnc(S[C@H](C)C(=O)OC)n3C)cc2C1. The van der Waals surface area contributed by atoms with Gasteiger partial charge in [-0.1, -0.05) is 25.1 Å². The lowest BCUT2D eigenvalue weighted by molar-refractivity contribution is -0.139. The molecule has 2 heterocycles. The van der Waals surface area contributed by atoms with Crippen LogP contribution in [-0.2, 0) is 29.4 Å². The van der Waals surface area contributed by atoms with Gasteiger partial charge in [0.2, 0.25) is 0 Å². The predicted octanol–water partition coefficient (Wildman–Crippen LogP) is 3.71. The summed E-state index contributed by atoms with van der Waals surface area (Å²) in [6.45, 7) is 4.09. The summed E-state index contributed by atoms with van der Waals surface area (Å²) in [4.78, 5) is 14.3. The first-order chi connectivity index (χ1) is 11.5. The maximum Gasteiger partial charge on any atom is 0.318 e. The van der Waals surface area contributed by atoms with Gasteiger partial charge in [-0.3, -0.25) is 4.79 Å². The van der Waals surface area contributed by atoms with Crippen molar-refractivity contribution in [3.8, 4) is 10.7 Å². The number of fused-ring (bicyclic) bond motifs is 1. The molecule has 24 heavy (non-hydrogen) atoms. The zero-order valence-electron chi connectivity index (χ0n) is 14.5. The highest BCUT2D eigenvalue weighted by atomic mass is 32.2. The second-order valence-corrected chi connectivity index (χ2v) is 8.67. The molecule has 0 aromatic carbocycles. The third kappa shape index (κ3) is 3.37. The number of aryl methyl sites for hydroxylation is 1. The van der Waals surface area contributed by atoms with Crippen molar-refractivity contribution in [1.29, 1.82) is 0 Å². The molecule has 0 radical (unpaired) electrons. The molecule has 0 saturated heterocycles. The fourth-order valence-electron chi connectivity index (χ4n) is 3.06. The standard InChI is InChI=1S/C17H23N3O2S2/c1-5-11-6-7-13-12(8-11)9-14(24-13)15-18-19-17(20(15)3)23-10(2)16(21)22-4/h9-11H,5-8H2,1-4H3/t10-,11-/m1/s1. The summed E-state index contributed by atoms with van der Waals surface area (Å²) < 4.78 is 6.75. The van der Waals surface area contributed by atoms with Crippen molar-refractivity contribution >= 4 is 29.1 Å². The first-order valence-electron chi connectivity index (χ1n) is 8.29. The number of nitrogens with zero attached hydrogens (tertiary/aromatic N) is 3. The van der Waals surface area contributed by atoms with E-state index >= 15 is 0 Å². The minimum absolute atomic E-state index is 0.248. The van der Waals surface area contributed by atoms with Crippen LogP contribution in [0.25, 0.3) is 10.7 Å². The van der Waals surface area contributed by atoms with Crippen LogP contribution in [0.4, 0.5) is 0 Å². The van der Waals surface area contributed by atoms with Crippen LogP contribution in [0.1, 0.15) is 37.1 Å². The maximum absolute atomic E-state index is 11.6. The Morgan fingerprint density at radius 2 is 2.33 bits per heavy atom. The molecule has 3 rings (SSSR count). The second-order valence-electron chi connectivity index (χ2n) is 6.22. The number of esters is 1. The van der Waals surface area contributed by atoms with E-state index < -0.39 is 0 Å². The molecule has 5 nitrogen and oxygen atoms in total. The second kappa shape index (κ2) is 7.27. The fraction of sp³-hybridized carbons (Fsp3) is 0.588. The van der Waals surface area contributed by atoms with E-state index in [1.165, 1.54) is 59.9 Å². The van der Waals surface area contributed by atoms with Gasteiger partial charge in [0.15, 0.2) is 11.0 Å². The first kappa shape index (κ1) is 17.5. The Kier molecular flexibility index (Phi) is 5.30. The Bertz CT molecular complexity index is 738. The fourth-order valence-corrected chi connectivity index (χ4v) is 5.13. The van der Waals surface area contributed by atoms with Crippen molar-refractivity contribution in [2.45, 2.75) is 49.9 Å². The van der Waals surface area contributed by atoms with Gasteiger partial charge in [0.25, 0.3) is 0 Å². The van der Waals surface area contributed by atoms with Crippen LogP contribution in [0.3, 0.4) is 0 Å². The Morgan fingerprint density at radius 3 is 3.04 bits per heavy atom. The van der Waals surface area contributed by atoms with Crippen molar-refractivity contribution < 1.29 is 9.53 Å². The molecular formula is C17H23N3O2S2. The third-order valence-corrected chi connectivity index (χ3v) is 6.98. The quantitative estimate of drug-likeness (QED) is 0.597. The van der Waals surface area contributed by atoms with Crippen molar-refractivity contribution in [3.05, 3.63) is 16.5 Å². The number of hydrogen-bond acceptors (Lipinski definition) is 6. The largest absolute Gasteiger partial charge is 0.468 e. The lowest BCUT2D eigenvalue weighted by atomic mass is 9.87. The van der Waals surface area contributed by atoms with E-state index in [9.17, 15) is 4.79 Å². The number of thiophene rings is 1. The lowest BCUT2D eigenvalue weighted by Crippen LogP contribution is -2.15. The van der Waals surface area contributed by atoms with E-state index in [2.05, 4.69) is 23.2 Å². The van der Waals surface area contributed by atoms with E-state index in [1.54, 1.807) is 0 Å². The lowest BCUT2D eigenvalue weighted by Gasteiger charge is -2.19. The number of methoxy groups -OCH3 is 1. The number of aromatic nitrogens is 3. The summed E-state index contributed by atoms with van der Waals surface area (Å²) in [6, 6.07) is 2.28. The van der Waals surface area contributed by atoms with Crippen LogP contribution in [0.2, 0.25) is 0 Å². The Labute approximate surface area is 150 Å². The summed E-state index contributed by atoms with van der Waals surface area (Å²) in [7, 11) is 3.36. The van der Waals surface area contributed by atoms with Crippen LogP contribution < -0.4 is 0 Å². The molecule has 0 N–H and O–H groups in total. The van der Waals surface area contributed by atoms with Gasteiger partial charge in [-0.2, -0.15) is 0 Å². The molecule has 1 aliphatic carbocycles. The smallest absolute Gasteiger partial charge is 0.318 e. The minimum atomic E-state index is -0.299. The maximum atomic E-state index is 11.6. The van der Waals surface area contributed by atoms with Gasteiger partial charge in [0, 0.05) is 11.9 Å². The summed E-state index contributed by atoms with van der Waals surface area (Å²) in [5, 5.41) is 9.06. The molecule has 0 unspecified atom stereocenters. The van der Waals surface area contributed by atoms with Crippen molar-refractivity contribution in [2.24, 2.45) is 13.0 Å². The molecule has 0 aliphatic heterocycles. The average Bonchev–Trinajstić information content (AvgIpc) is 3.16. The number of ether oxygens (including phenoxy) is 1. The number of hydrogen-bond donors (Lipinski definition) is 0. The summed E-state index contributed by atoms with van der Waals surface area (Å²) in [6.07, 6.45) is 4.90. The Balaban J connectivity index is 1.82. The van der Waals surface area contributed by atoms with Gasteiger partial charge in [0.1, 0.15) is 5.25 Å². The molecule has 130 valence electrons. The molecule has 7 heteroatoms. The van der Waals surface area contributed by atoms with Crippen LogP contribution in [0.5, 0.6) is 0 Å². The molecule has 0 bridgehead atoms. The highest BCUT2D eigenvalue weighted by Crippen LogP contribution is 2.38. The molecule has 0 amide bonds. The van der Waals surface area contributed by atoms with E-state index in [4.69, 9.17) is 4.74 Å². The van der Waals surface area contributed by atoms with Crippen LogP contribution in [0.15, 0.2) is 11.2 Å². The van der Waals surface area contributed by atoms with Crippen molar-refractivity contribution in [3.63, 3.8) is 0 Å². The van der Waals surface area contributed by atoms with E-state index in [-0.39, 0.29) is 11.2 Å². The van der Waals surface area contributed by atoms with E-state index in [1.807, 2.05) is 29.9 Å². The molecule has 2 aromatic heterocycles. The zero-order valence-corrected chi connectivity index (χ0v) is 16.2. The van der Waals surface area contributed by atoms with Gasteiger partial charge in [-0.05, 0) is 43.7 Å². The Hall–Kier alpha value is -1.34. The summed E-state index contributed by atoms with van der Waals surface area (Å²) >= 11 is 3.21. The highest BCUT2D eigenvalue weighted by molar-refractivity contribution is 8.00. The van der Waals surface area contributed by atoms with E-state index in [0.717, 1.165) is 16.9 Å².